The molecular weight excluding hydrogens is 214 g/mol. The number of ether oxygens (including phenoxy) is 1. The number of hydrogen-bond acceptors (Lipinski definition) is 5. The topological polar surface area (TPSA) is 77.2 Å². The number of nitrogens with zero attached hydrogens (tertiary/aromatic N) is 1. The molecule has 1 amide bonds. The van der Waals surface area contributed by atoms with Gasteiger partial charge < -0.3 is 15.8 Å². The monoisotopic (exact) mass is 229 g/mol. The Bertz CT molecular complexity index is 343. The number of amides is 1. The van der Waals surface area contributed by atoms with Gasteiger partial charge in [0.05, 0.1) is 12.2 Å². The number of rotatable bonds is 2. The van der Waals surface area contributed by atoms with Crippen molar-refractivity contribution in [2.75, 3.05) is 5.73 Å². The molecule has 1 aromatic rings. The SMILES string of the molecule is CC(C)(C)OC(=O)NCc1cc(N)sn1. The Morgan fingerprint density at radius 1 is 1.67 bits per heavy atom. The number of alkyl carbamates (subject to hydrolysis) is 1. The molecule has 0 aromatic carbocycles. The van der Waals surface area contributed by atoms with E-state index in [0.29, 0.717) is 11.5 Å². The molecular formula is C9H15N3O2S. The summed E-state index contributed by atoms with van der Waals surface area (Å²) < 4.78 is 9.09. The largest absolute Gasteiger partial charge is 0.444 e. The minimum atomic E-state index is -0.481. The quantitative estimate of drug-likeness (QED) is 0.810. The molecule has 5 nitrogen and oxygen atoms in total. The van der Waals surface area contributed by atoms with Crippen molar-refractivity contribution in [1.82, 2.24) is 9.69 Å². The molecule has 0 saturated carbocycles. The predicted octanol–water partition coefficient (Wildman–Crippen LogP) is 1.75. The lowest BCUT2D eigenvalue weighted by molar-refractivity contribution is 0.0523. The number of aromatic nitrogens is 1. The average molecular weight is 229 g/mol. The zero-order valence-corrected chi connectivity index (χ0v) is 9.85. The molecule has 0 saturated heterocycles. The third kappa shape index (κ3) is 4.64. The normalized spacial score (nSPS) is 11.1. The fourth-order valence-corrected chi connectivity index (χ4v) is 1.42. The van der Waals surface area contributed by atoms with Crippen LogP contribution in [0.3, 0.4) is 0 Å². The van der Waals surface area contributed by atoms with E-state index < -0.39 is 11.7 Å². The molecule has 1 rings (SSSR count). The van der Waals surface area contributed by atoms with E-state index in [9.17, 15) is 4.79 Å². The van der Waals surface area contributed by atoms with Crippen LogP contribution in [0.4, 0.5) is 9.80 Å². The smallest absolute Gasteiger partial charge is 0.407 e. The highest BCUT2D eigenvalue weighted by Gasteiger charge is 2.15. The van der Waals surface area contributed by atoms with Crippen LogP contribution in [-0.2, 0) is 11.3 Å². The number of carbonyl (C=O) groups is 1. The summed E-state index contributed by atoms with van der Waals surface area (Å²) in [7, 11) is 0. The maximum Gasteiger partial charge on any atom is 0.407 e. The summed E-state index contributed by atoms with van der Waals surface area (Å²) in [6, 6.07) is 1.72. The molecule has 0 aliphatic carbocycles. The van der Waals surface area contributed by atoms with Crippen molar-refractivity contribution in [2.45, 2.75) is 32.9 Å². The number of hydrogen-bond donors (Lipinski definition) is 2. The summed E-state index contributed by atoms with van der Waals surface area (Å²) in [4.78, 5) is 11.2. The molecule has 0 fully saturated rings. The van der Waals surface area contributed by atoms with Crippen LogP contribution in [0.25, 0.3) is 0 Å². The van der Waals surface area contributed by atoms with Gasteiger partial charge in [-0.3, -0.25) is 0 Å². The van der Waals surface area contributed by atoms with Crippen LogP contribution in [0.2, 0.25) is 0 Å². The number of nitrogens with one attached hydrogen (secondary N) is 1. The van der Waals surface area contributed by atoms with Crippen LogP contribution in [0.15, 0.2) is 6.07 Å². The lowest BCUT2D eigenvalue weighted by atomic mass is 10.2. The molecule has 1 aromatic heterocycles. The number of nitrogens with two attached hydrogens (primary N) is 1. The van der Waals surface area contributed by atoms with Crippen LogP contribution in [0, 0.1) is 0 Å². The molecule has 3 N–H and O–H groups in total. The Morgan fingerprint density at radius 2 is 2.33 bits per heavy atom. The molecule has 0 unspecified atom stereocenters. The minimum absolute atomic E-state index is 0.336. The van der Waals surface area contributed by atoms with Crippen molar-refractivity contribution in [3.63, 3.8) is 0 Å². The summed E-state index contributed by atoms with van der Waals surface area (Å²) in [6.45, 7) is 5.77. The summed E-state index contributed by atoms with van der Waals surface area (Å²) in [6.07, 6.45) is -0.450. The van der Waals surface area contributed by atoms with Crippen LogP contribution in [-0.4, -0.2) is 16.1 Å². The second-order valence-electron chi connectivity index (χ2n) is 4.08. The van der Waals surface area contributed by atoms with Gasteiger partial charge in [0, 0.05) is 0 Å². The highest BCUT2D eigenvalue weighted by atomic mass is 32.1. The molecule has 0 bridgehead atoms. The molecule has 6 heteroatoms. The molecule has 0 aliphatic rings. The average Bonchev–Trinajstić information content (AvgIpc) is 2.45. The van der Waals surface area contributed by atoms with Gasteiger partial charge in [0.25, 0.3) is 0 Å². The van der Waals surface area contributed by atoms with E-state index in [1.54, 1.807) is 6.07 Å². The van der Waals surface area contributed by atoms with E-state index in [1.165, 1.54) is 11.5 Å². The van der Waals surface area contributed by atoms with Crippen molar-refractivity contribution in [3.8, 4) is 0 Å². The second kappa shape index (κ2) is 4.48. The number of carbonyl (C=O) groups excluding carboxylic acids is 1. The maximum absolute atomic E-state index is 11.2. The first kappa shape index (κ1) is 11.8. The van der Waals surface area contributed by atoms with Gasteiger partial charge in [-0.25, -0.2) is 4.79 Å². The van der Waals surface area contributed by atoms with Crippen molar-refractivity contribution in [3.05, 3.63) is 11.8 Å². The van der Waals surface area contributed by atoms with E-state index in [1.807, 2.05) is 20.8 Å². The lowest BCUT2D eigenvalue weighted by Crippen LogP contribution is -2.32. The highest BCUT2D eigenvalue weighted by Crippen LogP contribution is 2.11. The first-order valence-corrected chi connectivity index (χ1v) is 5.32. The van der Waals surface area contributed by atoms with E-state index in [2.05, 4.69) is 9.69 Å². The van der Waals surface area contributed by atoms with Gasteiger partial charge in [-0.15, -0.1) is 0 Å². The Balaban J connectivity index is 2.35. The van der Waals surface area contributed by atoms with E-state index in [-0.39, 0.29) is 0 Å². The van der Waals surface area contributed by atoms with Crippen molar-refractivity contribution in [1.29, 1.82) is 0 Å². The third-order valence-corrected chi connectivity index (χ3v) is 2.04. The predicted molar refractivity (Wildman–Crippen MR) is 59.6 cm³/mol. The fourth-order valence-electron chi connectivity index (χ4n) is 0.888. The molecule has 84 valence electrons. The maximum atomic E-state index is 11.2. The molecule has 15 heavy (non-hydrogen) atoms. The molecule has 0 atom stereocenters. The first-order valence-electron chi connectivity index (χ1n) is 4.55. The van der Waals surface area contributed by atoms with Crippen LogP contribution >= 0.6 is 11.5 Å². The van der Waals surface area contributed by atoms with Crippen LogP contribution in [0.1, 0.15) is 26.5 Å². The highest BCUT2D eigenvalue weighted by molar-refractivity contribution is 7.10. The second-order valence-corrected chi connectivity index (χ2v) is 4.91. The Hall–Kier alpha value is -1.30. The minimum Gasteiger partial charge on any atom is -0.444 e. The van der Waals surface area contributed by atoms with Gasteiger partial charge in [-0.1, -0.05) is 0 Å². The zero-order chi connectivity index (χ0) is 11.5. The van der Waals surface area contributed by atoms with Crippen LogP contribution < -0.4 is 11.1 Å². The number of nitrogen functional groups attached to an aromatic ring is 1. The number of anilines is 1. The molecule has 0 radical (unpaired) electrons. The molecule has 0 spiro atoms. The molecule has 0 aliphatic heterocycles. The van der Waals surface area contributed by atoms with E-state index in [0.717, 1.165) is 5.69 Å². The lowest BCUT2D eigenvalue weighted by Gasteiger charge is -2.19. The third-order valence-electron chi connectivity index (χ3n) is 1.39. The van der Waals surface area contributed by atoms with E-state index in [4.69, 9.17) is 10.5 Å². The van der Waals surface area contributed by atoms with Crippen LogP contribution in [0.5, 0.6) is 0 Å². The van der Waals surface area contributed by atoms with Gasteiger partial charge in [0.1, 0.15) is 10.6 Å². The van der Waals surface area contributed by atoms with E-state index >= 15 is 0 Å². The Labute approximate surface area is 92.8 Å². The standard InChI is InChI=1S/C9H15N3O2S/c1-9(2,3)14-8(13)11-5-6-4-7(10)15-12-6/h4H,5,10H2,1-3H3,(H,11,13). The summed E-state index contributed by atoms with van der Waals surface area (Å²) >= 11 is 1.20. The van der Waals surface area contributed by atoms with Gasteiger partial charge >= 0.3 is 6.09 Å². The summed E-state index contributed by atoms with van der Waals surface area (Å²) in [5, 5.41) is 3.23. The van der Waals surface area contributed by atoms with Gasteiger partial charge in [-0.05, 0) is 38.4 Å². The van der Waals surface area contributed by atoms with Gasteiger partial charge in [0.2, 0.25) is 0 Å². The zero-order valence-electron chi connectivity index (χ0n) is 9.03. The van der Waals surface area contributed by atoms with Gasteiger partial charge in [-0.2, -0.15) is 4.37 Å². The van der Waals surface area contributed by atoms with Crippen molar-refractivity contribution >= 4 is 22.6 Å². The van der Waals surface area contributed by atoms with Crippen molar-refractivity contribution < 1.29 is 9.53 Å². The summed E-state index contributed by atoms with van der Waals surface area (Å²) in [5.74, 6) is 0. The Kier molecular flexibility index (Phi) is 3.52. The van der Waals surface area contributed by atoms with Gasteiger partial charge in [0.15, 0.2) is 0 Å². The van der Waals surface area contributed by atoms with Crippen molar-refractivity contribution in [2.24, 2.45) is 0 Å². The first-order chi connectivity index (χ1) is 6.87. The Morgan fingerprint density at radius 3 is 2.80 bits per heavy atom. The molecule has 1 heterocycles. The fraction of sp³-hybridized carbons (Fsp3) is 0.556. The summed E-state index contributed by atoms with van der Waals surface area (Å²) in [5.41, 5.74) is 5.76.